The topological polar surface area (TPSA) is 17.3 Å². The second-order valence-corrected chi connectivity index (χ2v) is 12.2. The summed E-state index contributed by atoms with van der Waals surface area (Å²) >= 11 is 0. The van der Waals surface area contributed by atoms with E-state index in [1.165, 1.54) is 87.6 Å². The van der Waals surface area contributed by atoms with Crippen molar-refractivity contribution in [3.05, 3.63) is 151 Å². The molecule has 2 heterocycles. The number of aromatic nitrogens is 2. The highest BCUT2D eigenvalue weighted by molar-refractivity contribution is 6.24. The average Bonchev–Trinajstić information content (AvgIpc) is 3.51. The van der Waals surface area contributed by atoms with Crippen molar-refractivity contribution in [2.24, 2.45) is 0 Å². The fourth-order valence-corrected chi connectivity index (χ4v) is 7.75. The average molecular weight is 573 g/mol. The Morgan fingerprint density at radius 3 is 1.73 bits per heavy atom. The molecule has 1 aliphatic rings. The maximum absolute atomic E-state index is 5.16. The van der Waals surface area contributed by atoms with Crippen molar-refractivity contribution in [3.8, 4) is 22.3 Å². The summed E-state index contributed by atoms with van der Waals surface area (Å²) in [6.07, 6.45) is 6.57. The molecule has 0 saturated heterocycles. The van der Waals surface area contributed by atoms with Gasteiger partial charge in [0.25, 0.3) is 0 Å². The number of benzene rings is 7. The highest BCUT2D eigenvalue weighted by Gasteiger charge is 2.19. The van der Waals surface area contributed by atoms with Gasteiger partial charge < -0.3 is 0 Å². The molecule has 7 aromatic carbocycles. The van der Waals surface area contributed by atoms with Crippen LogP contribution < -0.4 is 0 Å². The number of fused-ring (bicyclic) bond motifs is 13. The van der Waals surface area contributed by atoms with E-state index in [4.69, 9.17) is 4.98 Å². The van der Waals surface area contributed by atoms with Crippen LogP contribution in [0.25, 0.3) is 88.0 Å². The molecule has 2 aromatic heterocycles. The third kappa shape index (κ3) is 3.54. The van der Waals surface area contributed by atoms with E-state index < -0.39 is 0 Å². The Morgan fingerprint density at radius 2 is 1.04 bits per heavy atom. The summed E-state index contributed by atoms with van der Waals surface area (Å²) in [4.78, 5) is 5.16. The van der Waals surface area contributed by atoms with Gasteiger partial charge in [0.05, 0.1) is 16.9 Å². The lowest BCUT2D eigenvalue weighted by molar-refractivity contribution is 0.943. The number of pyridine rings is 1. The van der Waals surface area contributed by atoms with Gasteiger partial charge >= 0.3 is 0 Å². The fourth-order valence-electron chi connectivity index (χ4n) is 7.75. The molecule has 0 amide bonds. The highest BCUT2D eigenvalue weighted by atomic mass is 15.0. The molecule has 2 nitrogen and oxygen atoms in total. The number of aryl methyl sites for hydroxylation is 1. The lowest BCUT2D eigenvalue weighted by Crippen LogP contribution is -1.97. The molecule has 9 aromatic rings. The molecule has 0 N–H and O–H groups in total. The molecule has 210 valence electrons. The van der Waals surface area contributed by atoms with E-state index in [2.05, 4.69) is 150 Å². The molecule has 0 unspecified atom stereocenters. The van der Waals surface area contributed by atoms with E-state index in [0.717, 1.165) is 18.5 Å². The van der Waals surface area contributed by atoms with Crippen LogP contribution in [0.1, 0.15) is 17.8 Å². The van der Waals surface area contributed by atoms with Crippen molar-refractivity contribution in [2.45, 2.75) is 12.8 Å². The SMILES string of the molecule is C1=Cc2c(nc3c4ccccc4c4cc(-c5cc6c7ccccc7c(-c7ccccc7)cc6c6ccccc56)ccc4n23)CC1. The first-order valence-electron chi connectivity index (χ1n) is 15.8. The maximum Gasteiger partial charge on any atom is 0.145 e. The minimum atomic E-state index is 0.991. The minimum absolute atomic E-state index is 0.991. The summed E-state index contributed by atoms with van der Waals surface area (Å²) in [7, 11) is 0. The van der Waals surface area contributed by atoms with Crippen LogP contribution in [0.4, 0.5) is 0 Å². The smallest absolute Gasteiger partial charge is 0.145 e. The molecule has 1 aliphatic carbocycles. The predicted molar refractivity (Wildman–Crippen MR) is 191 cm³/mol. The van der Waals surface area contributed by atoms with Gasteiger partial charge in [0.2, 0.25) is 0 Å². The first-order valence-corrected chi connectivity index (χ1v) is 15.8. The van der Waals surface area contributed by atoms with Crippen LogP contribution in [-0.2, 0) is 6.42 Å². The van der Waals surface area contributed by atoms with Crippen LogP contribution >= 0.6 is 0 Å². The van der Waals surface area contributed by atoms with Crippen molar-refractivity contribution in [3.63, 3.8) is 0 Å². The number of hydrogen-bond donors (Lipinski definition) is 0. The third-order valence-electron chi connectivity index (χ3n) is 9.79. The zero-order valence-electron chi connectivity index (χ0n) is 24.7. The van der Waals surface area contributed by atoms with Crippen molar-refractivity contribution < 1.29 is 0 Å². The molecular formula is C43H28N2. The summed E-state index contributed by atoms with van der Waals surface area (Å²) in [6.45, 7) is 0. The van der Waals surface area contributed by atoms with Gasteiger partial charge in [-0.2, -0.15) is 0 Å². The number of imidazole rings is 1. The molecule has 10 rings (SSSR count). The Kier molecular flexibility index (Phi) is 5.15. The number of rotatable bonds is 2. The van der Waals surface area contributed by atoms with Crippen LogP contribution in [0.15, 0.2) is 140 Å². The van der Waals surface area contributed by atoms with Crippen molar-refractivity contribution in [1.82, 2.24) is 9.38 Å². The molecule has 0 atom stereocenters. The quantitative estimate of drug-likeness (QED) is 0.188. The van der Waals surface area contributed by atoms with E-state index >= 15 is 0 Å². The van der Waals surface area contributed by atoms with E-state index in [-0.39, 0.29) is 0 Å². The first kappa shape index (κ1) is 24.7. The standard InChI is InChI=1S/C43H28N2/c1-2-12-27(13-3-1)35-25-37-32-17-7-5-15-30(32)36(26-38(37)31-16-6-4-14-29(31)35)28-22-23-41-39(24-28)33-18-8-9-19-34(33)43-44-40-20-10-11-21-42(40)45(41)43/h1-9,11-19,21-26H,10,20H2. The normalized spacial score (nSPS) is 13.1. The van der Waals surface area contributed by atoms with Gasteiger partial charge in [0.15, 0.2) is 0 Å². The number of allylic oxidation sites excluding steroid dienone is 1. The predicted octanol–water partition coefficient (Wildman–Crippen LogP) is 11.4. The molecule has 0 fully saturated rings. The molecule has 0 bridgehead atoms. The second-order valence-electron chi connectivity index (χ2n) is 12.2. The summed E-state index contributed by atoms with van der Waals surface area (Å²) in [5.74, 6) is 0. The first-order chi connectivity index (χ1) is 22.3. The maximum atomic E-state index is 5.16. The molecular weight excluding hydrogens is 544 g/mol. The van der Waals surface area contributed by atoms with Gasteiger partial charge in [-0.3, -0.25) is 4.40 Å². The minimum Gasteiger partial charge on any atom is -0.292 e. The summed E-state index contributed by atoms with van der Waals surface area (Å²) in [5, 5.41) is 11.4. The van der Waals surface area contributed by atoms with Crippen molar-refractivity contribution in [1.29, 1.82) is 0 Å². The third-order valence-corrected chi connectivity index (χ3v) is 9.79. The Morgan fingerprint density at radius 1 is 0.467 bits per heavy atom. The Bertz CT molecular complexity index is 2690. The molecule has 0 radical (unpaired) electrons. The van der Waals surface area contributed by atoms with Crippen LogP contribution in [0.3, 0.4) is 0 Å². The Labute approximate surface area is 260 Å². The van der Waals surface area contributed by atoms with E-state index in [0.29, 0.717) is 0 Å². The monoisotopic (exact) mass is 572 g/mol. The number of nitrogens with zero attached hydrogens (tertiary/aromatic N) is 2. The summed E-state index contributed by atoms with van der Waals surface area (Å²) in [6, 6.07) is 49.2. The van der Waals surface area contributed by atoms with Gasteiger partial charge in [0.1, 0.15) is 5.65 Å². The molecule has 0 spiro atoms. The largest absolute Gasteiger partial charge is 0.292 e. The fraction of sp³-hybridized carbons (Fsp3) is 0.0465. The summed E-state index contributed by atoms with van der Waals surface area (Å²) < 4.78 is 2.38. The molecule has 0 saturated carbocycles. The van der Waals surface area contributed by atoms with Gasteiger partial charge in [-0.05, 0) is 103 Å². The van der Waals surface area contributed by atoms with Crippen LogP contribution in [0, 0.1) is 0 Å². The zero-order valence-corrected chi connectivity index (χ0v) is 24.7. The zero-order chi connectivity index (χ0) is 29.5. The van der Waals surface area contributed by atoms with Gasteiger partial charge in [-0.25, -0.2) is 4.98 Å². The molecule has 2 heteroatoms. The van der Waals surface area contributed by atoms with Crippen LogP contribution in [-0.4, -0.2) is 9.38 Å². The highest BCUT2D eigenvalue weighted by Crippen LogP contribution is 2.43. The van der Waals surface area contributed by atoms with E-state index in [9.17, 15) is 0 Å². The number of hydrogen-bond acceptors (Lipinski definition) is 1. The van der Waals surface area contributed by atoms with Crippen molar-refractivity contribution >= 4 is 65.7 Å². The Balaban J connectivity index is 1.31. The molecule has 0 aliphatic heterocycles. The van der Waals surface area contributed by atoms with Gasteiger partial charge in [-0.15, -0.1) is 0 Å². The Hall–Kier alpha value is -5.73. The summed E-state index contributed by atoms with van der Waals surface area (Å²) in [5.41, 5.74) is 9.68. The van der Waals surface area contributed by atoms with Gasteiger partial charge in [-0.1, -0.05) is 115 Å². The van der Waals surface area contributed by atoms with Crippen molar-refractivity contribution in [2.75, 3.05) is 0 Å². The van der Waals surface area contributed by atoms with Crippen LogP contribution in [0.2, 0.25) is 0 Å². The lowest BCUT2D eigenvalue weighted by Gasteiger charge is -2.17. The van der Waals surface area contributed by atoms with E-state index in [1.54, 1.807) is 0 Å². The van der Waals surface area contributed by atoms with E-state index in [1.807, 2.05) is 0 Å². The second kappa shape index (κ2) is 9.38. The molecule has 45 heavy (non-hydrogen) atoms. The lowest BCUT2D eigenvalue weighted by atomic mass is 9.87. The van der Waals surface area contributed by atoms with Crippen LogP contribution in [0.5, 0.6) is 0 Å². The van der Waals surface area contributed by atoms with Gasteiger partial charge in [0, 0.05) is 10.8 Å².